The maximum absolute atomic E-state index is 12.7. The molecule has 4 heteroatoms. The van der Waals surface area contributed by atoms with Gasteiger partial charge in [-0.1, -0.05) is 30.3 Å². The van der Waals surface area contributed by atoms with Crippen LogP contribution in [0.25, 0.3) is 22.0 Å². The molecule has 1 aliphatic rings. The van der Waals surface area contributed by atoms with Crippen molar-refractivity contribution in [3.63, 3.8) is 0 Å². The van der Waals surface area contributed by atoms with Gasteiger partial charge in [0.25, 0.3) is 0 Å². The van der Waals surface area contributed by atoms with E-state index in [4.69, 9.17) is 9.47 Å². The number of hydrogen-bond acceptors (Lipinski definition) is 3. The summed E-state index contributed by atoms with van der Waals surface area (Å²) in [4.78, 5) is 12.7. The fraction of sp³-hybridized carbons (Fsp3) is 0.286. The zero-order valence-electron chi connectivity index (χ0n) is 14.7. The van der Waals surface area contributed by atoms with Crippen molar-refractivity contribution in [3.05, 3.63) is 53.7 Å². The van der Waals surface area contributed by atoms with E-state index < -0.39 is 0 Å². The fourth-order valence-corrected chi connectivity index (χ4v) is 4.02. The molecule has 0 saturated carbocycles. The molecule has 1 heterocycles. The van der Waals surface area contributed by atoms with E-state index in [0.29, 0.717) is 13.0 Å². The number of methoxy groups -OCH3 is 1. The average molecular weight is 335 g/mol. The fourth-order valence-electron chi connectivity index (χ4n) is 4.02. The molecule has 4 rings (SSSR count). The van der Waals surface area contributed by atoms with Gasteiger partial charge >= 0.3 is 5.97 Å². The van der Waals surface area contributed by atoms with Gasteiger partial charge in [0.05, 0.1) is 19.6 Å². The zero-order valence-corrected chi connectivity index (χ0v) is 14.7. The summed E-state index contributed by atoms with van der Waals surface area (Å²) in [5.74, 6) is 0.208. The Kier molecular flexibility index (Phi) is 3.75. The van der Waals surface area contributed by atoms with E-state index in [2.05, 4.69) is 35.9 Å². The van der Waals surface area contributed by atoms with Crippen molar-refractivity contribution < 1.29 is 14.3 Å². The van der Waals surface area contributed by atoms with Crippen LogP contribution in [-0.2, 0) is 23.0 Å². The van der Waals surface area contributed by atoms with Crippen molar-refractivity contribution in [1.82, 2.24) is 4.57 Å². The molecule has 3 aromatic rings. The van der Waals surface area contributed by atoms with Crippen LogP contribution in [0, 0.1) is 0 Å². The highest BCUT2D eigenvalue weighted by Crippen LogP contribution is 2.48. The standard InChI is InChI=1S/C21H21NO3/c1-4-25-21(23)15-12-17-19(13-8-5-6-10-16(13)22(17)2)14-9-7-11-18(24-3)20(14)15/h5-11,15H,4,12H2,1-3H3/t15-/m0/s1. The quantitative estimate of drug-likeness (QED) is 0.678. The summed E-state index contributed by atoms with van der Waals surface area (Å²) in [6.45, 7) is 2.22. The van der Waals surface area contributed by atoms with Crippen molar-refractivity contribution in [2.24, 2.45) is 7.05 Å². The minimum Gasteiger partial charge on any atom is -0.496 e. The van der Waals surface area contributed by atoms with Gasteiger partial charge in [0, 0.05) is 41.2 Å². The predicted molar refractivity (Wildman–Crippen MR) is 98.0 cm³/mol. The molecule has 0 spiro atoms. The van der Waals surface area contributed by atoms with Crippen molar-refractivity contribution in [1.29, 1.82) is 0 Å². The summed E-state index contributed by atoms with van der Waals surface area (Å²) < 4.78 is 13.1. The molecule has 2 aromatic carbocycles. The number of esters is 1. The number of aryl methyl sites for hydroxylation is 1. The van der Waals surface area contributed by atoms with Crippen molar-refractivity contribution in [2.75, 3.05) is 13.7 Å². The highest BCUT2D eigenvalue weighted by Gasteiger charge is 2.36. The SMILES string of the molecule is CCOC(=O)[C@H]1Cc2c(c3ccccc3n2C)-c2cccc(OC)c21. The highest BCUT2D eigenvalue weighted by molar-refractivity contribution is 6.02. The summed E-state index contributed by atoms with van der Waals surface area (Å²) in [5.41, 5.74) is 5.54. The Bertz CT molecular complexity index is 971. The number of carbonyl (C=O) groups excluding carboxylic acids is 1. The normalized spacial score (nSPS) is 15.6. The Morgan fingerprint density at radius 2 is 2.00 bits per heavy atom. The summed E-state index contributed by atoms with van der Waals surface area (Å²) in [5, 5.41) is 1.21. The first-order valence-corrected chi connectivity index (χ1v) is 8.57. The van der Waals surface area contributed by atoms with E-state index in [1.165, 1.54) is 22.2 Å². The van der Waals surface area contributed by atoms with Gasteiger partial charge in [-0.2, -0.15) is 0 Å². The zero-order chi connectivity index (χ0) is 17.6. The predicted octanol–water partition coefficient (Wildman–Crippen LogP) is 4.06. The van der Waals surface area contributed by atoms with Crippen molar-refractivity contribution in [2.45, 2.75) is 19.3 Å². The maximum Gasteiger partial charge on any atom is 0.313 e. The smallest absolute Gasteiger partial charge is 0.313 e. The Balaban J connectivity index is 2.04. The number of para-hydroxylation sites is 1. The van der Waals surface area contributed by atoms with E-state index in [0.717, 1.165) is 16.9 Å². The lowest BCUT2D eigenvalue weighted by molar-refractivity contribution is -0.145. The van der Waals surface area contributed by atoms with Gasteiger partial charge in [0.15, 0.2) is 0 Å². The number of nitrogens with zero attached hydrogens (tertiary/aromatic N) is 1. The summed E-state index contributed by atoms with van der Waals surface area (Å²) >= 11 is 0. The molecule has 4 nitrogen and oxygen atoms in total. The first kappa shape index (κ1) is 15.8. The molecule has 0 aliphatic heterocycles. The first-order valence-electron chi connectivity index (χ1n) is 8.57. The van der Waals surface area contributed by atoms with Crippen LogP contribution in [0.2, 0.25) is 0 Å². The molecule has 0 fully saturated rings. The molecule has 0 radical (unpaired) electrons. The number of ether oxygens (including phenoxy) is 2. The minimum atomic E-state index is -0.346. The summed E-state index contributed by atoms with van der Waals surface area (Å²) in [6, 6.07) is 14.3. The second-order valence-corrected chi connectivity index (χ2v) is 6.33. The third-order valence-electron chi connectivity index (χ3n) is 5.10. The first-order chi connectivity index (χ1) is 12.2. The largest absolute Gasteiger partial charge is 0.496 e. The Morgan fingerprint density at radius 3 is 2.76 bits per heavy atom. The minimum absolute atomic E-state index is 0.191. The van der Waals surface area contributed by atoms with Gasteiger partial charge in [-0.3, -0.25) is 4.79 Å². The molecule has 25 heavy (non-hydrogen) atoms. The molecular weight excluding hydrogens is 314 g/mol. The molecule has 0 unspecified atom stereocenters. The molecule has 0 N–H and O–H groups in total. The number of rotatable bonds is 3. The Morgan fingerprint density at radius 1 is 1.20 bits per heavy atom. The van der Waals surface area contributed by atoms with Crippen LogP contribution in [0.15, 0.2) is 42.5 Å². The van der Waals surface area contributed by atoms with Gasteiger partial charge in [-0.15, -0.1) is 0 Å². The van der Waals surface area contributed by atoms with Crippen LogP contribution in [0.5, 0.6) is 5.75 Å². The third kappa shape index (κ3) is 2.24. The summed E-state index contributed by atoms with van der Waals surface area (Å²) in [7, 11) is 3.71. The molecule has 0 bridgehead atoms. The topological polar surface area (TPSA) is 40.5 Å². The molecule has 128 valence electrons. The molecule has 1 aliphatic carbocycles. The molecule has 0 saturated heterocycles. The molecule has 1 aromatic heterocycles. The van der Waals surface area contributed by atoms with Crippen LogP contribution in [-0.4, -0.2) is 24.3 Å². The highest BCUT2D eigenvalue weighted by atomic mass is 16.5. The van der Waals surface area contributed by atoms with Crippen LogP contribution in [0.4, 0.5) is 0 Å². The van der Waals surface area contributed by atoms with Gasteiger partial charge in [-0.05, 0) is 24.6 Å². The van der Waals surface area contributed by atoms with Crippen LogP contribution in [0.3, 0.4) is 0 Å². The maximum atomic E-state index is 12.7. The molecule has 1 atom stereocenters. The van der Waals surface area contributed by atoms with Gasteiger partial charge in [-0.25, -0.2) is 0 Å². The monoisotopic (exact) mass is 335 g/mol. The third-order valence-corrected chi connectivity index (χ3v) is 5.10. The van der Waals surface area contributed by atoms with Gasteiger partial charge < -0.3 is 14.0 Å². The Hall–Kier alpha value is -2.75. The number of fused-ring (bicyclic) bond motifs is 5. The molecular formula is C21H21NO3. The van der Waals surface area contributed by atoms with Crippen molar-refractivity contribution in [3.8, 4) is 16.9 Å². The van der Waals surface area contributed by atoms with E-state index in [1.807, 2.05) is 25.1 Å². The number of benzene rings is 2. The van der Waals surface area contributed by atoms with Crippen molar-refractivity contribution >= 4 is 16.9 Å². The van der Waals surface area contributed by atoms with Crippen LogP contribution < -0.4 is 4.74 Å². The lowest BCUT2D eigenvalue weighted by Crippen LogP contribution is -2.23. The Labute approximate surface area is 147 Å². The summed E-state index contributed by atoms with van der Waals surface area (Å²) in [6.07, 6.45) is 0.618. The van der Waals surface area contributed by atoms with Crippen LogP contribution >= 0.6 is 0 Å². The van der Waals surface area contributed by atoms with E-state index in [9.17, 15) is 4.79 Å². The van der Waals surface area contributed by atoms with E-state index >= 15 is 0 Å². The van der Waals surface area contributed by atoms with E-state index in [1.54, 1.807) is 7.11 Å². The van der Waals surface area contributed by atoms with Gasteiger partial charge in [0.1, 0.15) is 5.75 Å². The van der Waals surface area contributed by atoms with E-state index in [-0.39, 0.29) is 11.9 Å². The van der Waals surface area contributed by atoms with Crippen LogP contribution in [0.1, 0.15) is 24.1 Å². The second kappa shape index (κ2) is 5.96. The number of aromatic nitrogens is 1. The average Bonchev–Trinajstić information content (AvgIpc) is 2.93. The second-order valence-electron chi connectivity index (χ2n) is 6.33. The number of carbonyl (C=O) groups is 1. The lowest BCUT2D eigenvalue weighted by atomic mass is 9.80. The number of hydrogen-bond donors (Lipinski definition) is 0. The lowest BCUT2D eigenvalue weighted by Gasteiger charge is -2.27. The van der Waals surface area contributed by atoms with Gasteiger partial charge in [0.2, 0.25) is 0 Å². The molecule has 0 amide bonds.